The Morgan fingerprint density at radius 3 is 2.92 bits per heavy atom. The van der Waals surface area contributed by atoms with E-state index in [1.165, 1.54) is 4.70 Å². The summed E-state index contributed by atoms with van der Waals surface area (Å²) >= 11 is 3.32. The third-order valence-corrected chi connectivity index (χ3v) is 6.61. The van der Waals surface area contributed by atoms with Crippen LogP contribution in [0.5, 0.6) is 5.75 Å². The highest BCUT2D eigenvalue weighted by molar-refractivity contribution is 7.98. The van der Waals surface area contributed by atoms with Crippen LogP contribution >= 0.6 is 23.1 Å². The van der Waals surface area contributed by atoms with Gasteiger partial charge in [-0.2, -0.15) is 0 Å². The van der Waals surface area contributed by atoms with Crippen molar-refractivity contribution < 1.29 is 9.53 Å². The lowest BCUT2D eigenvalue weighted by atomic mass is 10.1. The van der Waals surface area contributed by atoms with E-state index in [9.17, 15) is 4.79 Å². The predicted molar refractivity (Wildman–Crippen MR) is 107 cm³/mol. The highest BCUT2D eigenvalue weighted by Crippen LogP contribution is 2.38. The van der Waals surface area contributed by atoms with Crippen LogP contribution in [-0.2, 0) is 0 Å². The summed E-state index contributed by atoms with van der Waals surface area (Å²) in [5.74, 6) is 0.660. The lowest BCUT2D eigenvalue weighted by molar-refractivity contribution is 0.0732. The molecule has 0 saturated carbocycles. The molecule has 1 aliphatic rings. The summed E-state index contributed by atoms with van der Waals surface area (Å²) in [4.78, 5) is 21.1. The van der Waals surface area contributed by atoms with Crippen molar-refractivity contribution in [1.29, 1.82) is 0 Å². The molecule has 2 heterocycles. The molecule has 1 saturated heterocycles. The first-order valence-electron chi connectivity index (χ1n) is 8.59. The Kier molecular flexibility index (Phi) is 4.87. The van der Waals surface area contributed by atoms with Crippen LogP contribution in [0.4, 0.5) is 0 Å². The number of ether oxygens (including phenoxy) is 1. The molecule has 1 amide bonds. The molecule has 0 bridgehead atoms. The zero-order valence-electron chi connectivity index (χ0n) is 14.8. The van der Waals surface area contributed by atoms with Gasteiger partial charge in [0.2, 0.25) is 0 Å². The van der Waals surface area contributed by atoms with Gasteiger partial charge in [0, 0.05) is 11.4 Å². The number of rotatable bonds is 4. The van der Waals surface area contributed by atoms with Crippen LogP contribution in [0.25, 0.3) is 10.2 Å². The molecule has 0 N–H and O–H groups in total. The highest BCUT2D eigenvalue weighted by atomic mass is 32.2. The van der Waals surface area contributed by atoms with Gasteiger partial charge in [0.25, 0.3) is 5.91 Å². The molecule has 1 aliphatic heterocycles. The van der Waals surface area contributed by atoms with Crippen molar-refractivity contribution in [3.05, 3.63) is 53.0 Å². The number of carbonyl (C=O) groups is 1. The second-order valence-corrected chi connectivity index (χ2v) is 8.18. The van der Waals surface area contributed by atoms with Gasteiger partial charge in [-0.3, -0.25) is 4.79 Å². The van der Waals surface area contributed by atoms with E-state index >= 15 is 0 Å². The Labute approximate surface area is 161 Å². The molecule has 0 radical (unpaired) electrons. The molecule has 0 unspecified atom stereocenters. The second kappa shape index (κ2) is 7.29. The molecule has 6 heteroatoms. The summed E-state index contributed by atoms with van der Waals surface area (Å²) in [7, 11) is 1.62. The van der Waals surface area contributed by atoms with E-state index in [0.29, 0.717) is 11.3 Å². The minimum atomic E-state index is 0.0243. The molecule has 1 atom stereocenters. The molecular formula is C20H20N2O2S2. The van der Waals surface area contributed by atoms with Gasteiger partial charge in [0.15, 0.2) is 0 Å². The number of fused-ring (bicyclic) bond motifs is 1. The number of benzene rings is 2. The van der Waals surface area contributed by atoms with E-state index in [1.54, 1.807) is 30.2 Å². The Morgan fingerprint density at radius 1 is 1.31 bits per heavy atom. The number of aromatic nitrogens is 1. The van der Waals surface area contributed by atoms with Crippen molar-refractivity contribution in [3.63, 3.8) is 0 Å². The normalized spacial score (nSPS) is 17.0. The summed E-state index contributed by atoms with van der Waals surface area (Å²) in [6.07, 6.45) is 3.97. The van der Waals surface area contributed by atoms with Crippen LogP contribution in [0.2, 0.25) is 0 Å². The first-order chi connectivity index (χ1) is 12.7. The van der Waals surface area contributed by atoms with E-state index in [4.69, 9.17) is 9.72 Å². The van der Waals surface area contributed by atoms with Crippen LogP contribution in [0, 0.1) is 0 Å². The van der Waals surface area contributed by atoms with Crippen LogP contribution < -0.4 is 4.74 Å². The molecule has 0 spiro atoms. The van der Waals surface area contributed by atoms with Gasteiger partial charge in [-0.1, -0.05) is 12.1 Å². The summed E-state index contributed by atoms with van der Waals surface area (Å²) < 4.78 is 6.65. The first kappa shape index (κ1) is 17.4. The van der Waals surface area contributed by atoms with Crippen molar-refractivity contribution in [2.24, 2.45) is 0 Å². The Hall–Kier alpha value is -2.05. The number of nitrogens with zero attached hydrogens (tertiary/aromatic N) is 2. The monoisotopic (exact) mass is 384 g/mol. The summed E-state index contributed by atoms with van der Waals surface area (Å²) in [5.41, 5.74) is 1.63. The summed E-state index contributed by atoms with van der Waals surface area (Å²) in [5, 5.41) is 1.02. The molecule has 0 aliphatic carbocycles. The number of amides is 1. The number of hydrogen-bond donors (Lipinski definition) is 0. The number of thioether (sulfide) groups is 1. The van der Waals surface area contributed by atoms with Gasteiger partial charge in [0.1, 0.15) is 10.8 Å². The van der Waals surface area contributed by atoms with Crippen molar-refractivity contribution in [3.8, 4) is 5.75 Å². The fraction of sp³-hybridized carbons (Fsp3) is 0.300. The Bertz CT molecular complexity index is 921. The van der Waals surface area contributed by atoms with E-state index in [1.807, 2.05) is 47.6 Å². The van der Waals surface area contributed by atoms with Crippen molar-refractivity contribution in [2.75, 3.05) is 19.9 Å². The topological polar surface area (TPSA) is 42.4 Å². The molecular weight excluding hydrogens is 364 g/mol. The van der Waals surface area contributed by atoms with Crippen LogP contribution in [0.3, 0.4) is 0 Å². The number of methoxy groups -OCH3 is 1. The third kappa shape index (κ3) is 3.08. The zero-order valence-corrected chi connectivity index (χ0v) is 16.4. The number of likely N-dealkylation sites (tertiary alicyclic amines) is 1. The standard InChI is InChI=1S/C20H20N2O2S2/c1-24-17-12-13(25-2)9-10-14(17)20(23)22-11-5-7-16(22)19-21-15-6-3-4-8-18(15)26-19/h3-4,6,8-10,12,16H,5,7,11H2,1-2H3/t16-/m0/s1. The van der Waals surface area contributed by atoms with Gasteiger partial charge in [0.05, 0.1) is 28.9 Å². The first-order valence-corrected chi connectivity index (χ1v) is 10.6. The van der Waals surface area contributed by atoms with Gasteiger partial charge < -0.3 is 9.64 Å². The molecule has 2 aromatic carbocycles. The molecule has 4 nitrogen and oxygen atoms in total. The van der Waals surface area contributed by atoms with Crippen LogP contribution in [-0.4, -0.2) is 35.7 Å². The van der Waals surface area contributed by atoms with E-state index in [0.717, 1.165) is 34.8 Å². The lowest BCUT2D eigenvalue weighted by Gasteiger charge is -2.24. The molecule has 134 valence electrons. The maximum atomic E-state index is 13.2. The molecule has 1 fully saturated rings. The number of para-hydroxylation sites is 1. The predicted octanol–water partition coefficient (Wildman–Crippen LogP) is 5.00. The van der Waals surface area contributed by atoms with Gasteiger partial charge in [-0.05, 0) is 49.4 Å². The smallest absolute Gasteiger partial charge is 0.258 e. The summed E-state index contributed by atoms with van der Waals surface area (Å²) in [6.45, 7) is 0.757. The van der Waals surface area contributed by atoms with E-state index in [2.05, 4.69) is 6.07 Å². The average Bonchev–Trinajstić information content (AvgIpc) is 3.33. The molecule has 3 aromatic rings. The molecule has 4 rings (SSSR count). The van der Waals surface area contributed by atoms with Crippen molar-refractivity contribution >= 4 is 39.2 Å². The zero-order chi connectivity index (χ0) is 18.1. The van der Waals surface area contributed by atoms with Gasteiger partial charge >= 0.3 is 0 Å². The number of carbonyl (C=O) groups excluding carboxylic acids is 1. The quantitative estimate of drug-likeness (QED) is 0.594. The third-order valence-electron chi connectivity index (χ3n) is 4.75. The highest BCUT2D eigenvalue weighted by Gasteiger charge is 2.33. The van der Waals surface area contributed by atoms with E-state index in [-0.39, 0.29) is 11.9 Å². The van der Waals surface area contributed by atoms with Gasteiger partial charge in [-0.25, -0.2) is 4.98 Å². The molecule has 26 heavy (non-hydrogen) atoms. The number of thiazole rings is 1. The van der Waals surface area contributed by atoms with Crippen LogP contribution in [0.15, 0.2) is 47.4 Å². The molecule has 1 aromatic heterocycles. The minimum Gasteiger partial charge on any atom is -0.496 e. The second-order valence-electron chi connectivity index (χ2n) is 6.24. The average molecular weight is 385 g/mol. The largest absolute Gasteiger partial charge is 0.496 e. The fourth-order valence-electron chi connectivity index (χ4n) is 3.43. The van der Waals surface area contributed by atoms with Gasteiger partial charge in [-0.15, -0.1) is 23.1 Å². The van der Waals surface area contributed by atoms with Crippen molar-refractivity contribution in [1.82, 2.24) is 9.88 Å². The van der Waals surface area contributed by atoms with Crippen molar-refractivity contribution in [2.45, 2.75) is 23.8 Å². The Morgan fingerprint density at radius 2 is 2.15 bits per heavy atom. The fourth-order valence-corrected chi connectivity index (χ4v) is 4.97. The SMILES string of the molecule is COc1cc(SC)ccc1C(=O)N1CCC[C@H]1c1nc2ccccc2s1. The van der Waals surface area contributed by atoms with Crippen LogP contribution in [0.1, 0.15) is 34.2 Å². The lowest BCUT2D eigenvalue weighted by Crippen LogP contribution is -2.30. The summed E-state index contributed by atoms with van der Waals surface area (Å²) in [6, 6.07) is 14.0. The maximum Gasteiger partial charge on any atom is 0.258 e. The number of hydrogen-bond acceptors (Lipinski definition) is 5. The Balaban J connectivity index is 1.67. The minimum absolute atomic E-state index is 0.0243. The maximum absolute atomic E-state index is 13.2. The van der Waals surface area contributed by atoms with E-state index < -0.39 is 0 Å².